The van der Waals surface area contributed by atoms with Crippen molar-refractivity contribution in [1.82, 2.24) is 10.3 Å². The number of hydrogen-bond donors (Lipinski definition) is 1. The number of rotatable bonds is 6. The predicted molar refractivity (Wildman–Crippen MR) is 108 cm³/mol. The van der Waals surface area contributed by atoms with Crippen LogP contribution in [0.5, 0.6) is 0 Å². The summed E-state index contributed by atoms with van der Waals surface area (Å²) in [6, 6.07) is 8.44. The highest BCUT2D eigenvalue weighted by atomic mass is 16.4. The van der Waals surface area contributed by atoms with Crippen LogP contribution in [0.4, 0.5) is 0 Å². The number of oxazole rings is 1. The molecule has 0 saturated heterocycles. The van der Waals surface area contributed by atoms with Gasteiger partial charge in [-0.2, -0.15) is 0 Å². The van der Waals surface area contributed by atoms with Crippen LogP contribution >= 0.6 is 0 Å². The fraction of sp³-hybridized carbons (Fsp3) is 0.565. The lowest BCUT2D eigenvalue weighted by Crippen LogP contribution is -2.43. The number of aromatic nitrogens is 1. The largest absolute Gasteiger partial charge is 0.441 e. The van der Waals surface area contributed by atoms with Crippen molar-refractivity contribution in [2.75, 3.05) is 0 Å². The molecule has 0 spiro atoms. The molecule has 1 saturated carbocycles. The van der Waals surface area contributed by atoms with Crippen molar-refractivity contribution in [1.29, 1.82) is 0 Å². The number of benzene rings is 1. The number of aryl methyl sites for hydroxylation is 3. The molecule has 1 amide bonds. The van der Waals surface area contributed by atoms with E-state index in [0.29, 0.717) is 30.2 Å². The maximum Gasteiger partial charge on any atom is 0.226 e. The molecule has 1 aliphatic carbocycles. The number of carbonyl (C=O) groups is 1. The van der Waals surface area contributed by atoms with E-state index in [1.807, 2.05) is 25.1 Å². The summed E-state index contributed by atoms with van der Waals surface area (Å²) in [6.45, 7) is 8.57. The van der Waals surface area contributed by atoms with E-state index in [-0.39, 0.29) is 5.91 Å². The molecule has 3 rings (SSSR count). The van der Waals surface area contributed by atoms with Crippen molar-refractivity contribution in [3.05, 3.63) is 41.3 Å². The Bertz CT molecular complexity index is 780. The molecule has 146 valence electrons. The molecule has 1 aliphatic rings. The molecule has 1 heterocycles. The topological polar surface area (TPSA) is 55.1 Å². The third kappa shape index (κ3) is 4.79. The van der Waals surface area contributed by atoms with E-state index in [2.05, 4.69) is 37.1 Å². The summed E-state index contributed by atoms with van der Waals surface area (Å²) >= 11 is 0. The van der Waals surface area contributed by atoms with Crippen LogP contribution in [0.1, 0.15) is 63.0 Å². The lowest BCUT2D eigenvalue weighted by molar-refractivity contribution is -0.122. The summed E-state index contributed by atoms with van der Waals surface area (Å²) in [4.78, 5) is 17.0. The van der Waals surface area contributed by atoms with Crippen LogP contribution < -0.4 is 5.32 Å². The average Bonchev–Trinajstić information content (AvgIpc) is 3.00. The maximum atomic E-state index is 12.4. The predicted octanol–water partition coefficient (Wildman–Crippen LogP) is 5.22. The van der Waals surface area contributed by atoms with Gasteiger partial charge in [0.15, 0.2) is 0 Å². The highest BCUT2D eigenvalue weighted by molar-refractivity contribution is 5.76. The van der Waals surface area contributed by atoms with Crippen molar-refractivity contribution in [2.24, 2.45) is 11.8 Å². The highest BCUT2D eigenvalue weighted by Crippen LogP contribution is 2.29. The Morgan fingerprint density at radius 1 is 1.22 bits per heavy atom. The normalized spacial score (nSPS) is 22.6. The summed E-state index contributed by atoms with van der Waals surface area (Å²) in [7, 11) is 0. The van der Waals surface area contributed by atoms with Crippen molar-refractivity contribution in [3.8, 4) is 11.5 Å². The fourth-order valence-electron chi connectivity index (χ4n) is 4.07. The second kappa shape index (κ2) is 8.73. The van der Waals surface area contributed by atoms with E-state index in [1.54, 1.807) is 0 Å². The van der Waals surface area contributed by atoms with E-state index in [4.69, 9.17) is 4.42 Å². The molecule has 3 atom stereocenters. The van der Waals surface area contributed by atoms with Crippen LogP contribution in [0.3, 0.4) is 0 Å². The Labute approximate surface area is 162 Å². The molecule has 27 heavy (non-hydrogen) atoms. The molecule has 0 radical (unpaired) electrons. The summed E-state index contributed by atoms with van der Waals surface area (Å²) in [5.41, 5.74) is 3.14. The van der Waals surface area contributed by atoms with Crippen molar-refractivity contribution in [3.63, 3.8) is 0 Å². The standard InChI is InChI=1S/C23H32N2O2/c1-15-10-7-12-20(17(15)3)24-22(26)14-8-13-21-18(4)27-23(25-21)19-11-6-5-9-16(19)2/h5-6,9,11,15,17,20H,7-8,10,12-14H2,1-4H3,(H,24,26). The Kier molecular flexibility index (Phi) is 6.35. The minimum Gasteiger partial charge on any atom is -0.441 e. The van der Waals surface area contributed by atoms with E-state index in [1.165, 1.54) is 12.8 Å². The molecule has 1 aromatic heterocycles. The number of carbonyl (C=O) groups excluding carboxylic acids is 1. The van der Waals surface area contributed by atoms with Crippen molar-refractivity contribution < 1.29 is 9.21 Å². The summed E-state index contributed by atoms with van der Waals surface area (Å²) < 4.78 is 5.87. The molecule has 1 fully saturated rings. The van der Waals surface area contributed by atoms with Gasteiger partial charge in [-0.3, -0.25) is 4.79 Å². The Balaban J connectivity index is 1.52. The Morgan fingerprint density at radius 2 is 2.00 bits per heavy atom. The second-order valence-electron chi connectivity index (χ2n) is 8.13. The molecule has 4 heteroatoms. The van der Waals surface area contributed by atoms with Crippen LogP contribution in [-0.2, 0) is 11.2 Å². The van der Waals surface area contributed by atoms with Gasteiger partial charge in [0.05, 0.1) is 5.69 Å². The second-order valence-corrected chi connectivity index (χ2v) is 8.13. The number of nitrogens with one attached hydrogen (secondary N) is 1. The van der Waals surface area contributed by atoms with Gasteiger partial charge in [-0.1, -0.05) is 44.9 Å². The van der Waals surface area contributed by atoms with Gasteiger partial charge < -0.3 is 9.73 Å². The molecule has 2 aromatic rings. The number of amides is 1. The van der Waals surface area contributed by atoms with Gasteiger partial charge in [-0.25, -0.2) is 4.98 Å². The van der Waals surface area contributed by atoms with E-state index in [0.717, 1.165) is 41.8 Å². The van der Waals surface area contributed by atoms with Crippen LogP contribution in [0.25, 0.3) is 11.5 Å². The fourth-order valence-corrected chi connectivity index (χ4v) is 4.07. The number of hydrogen-bond acceptors (Lipinski definition) is 3. The zero-order valence-electron chi connectivity index (χ0n) is 17.0. The lowest BCUT2D eigenvalue weighted by atomic mass is 9.78. The zero-order valence-corrected chi connectivity index (χ0v) is 17.0. The van der Waals surface area contributed by atoms with Crippen molar-refractivity contribution >= 4 is 5.91 Å². The molecule has 0 aliphatic heterocycles. The SMILES string of the molecule is Cc1ccccc1-c1nc(CCCC(=O)NC2CCCC(C)C2C)c(C)o1. The first-order chi connectivity index (χ1) is 13.0. The van der Waals surface area contributed by atoms with Crippen LogP contribution in [0.15, 0.2) is 28.7 Å². The molecule has 4 nitrogen and oxygen atoms in total. The Hall–Kier alpha value is -2.10. The summed E-state index contributed by atoms with van der Waals surface area (Å²) in [5, 5.41) is 3.26. The molecule has 3 unspecified atom stereocenters. The molecule has 0 bridgehead atoms. The molecule has 1 N–H and O–H groups in total. The zero-order chi connectivity index (χ0) is 19.4. The van der Waals surface area contributed by atoms with Crippen LogP contribution in [0.2, 0.25) is 0 Å². The summed E-state index contributed by atoms with van der Waals surface area (Å²) in [5.74, 6) is 2.96. The van der Waals surface area contributed by atoms with E-state index >= 15 is 0 Å². The van der Waals surface area contributed by atoms with E-state index in [9.17, 15) is 4.79 Å². The van der Waals surface area contributed by atoms with Crippen molar-refractivity contribution in [2.45, 2.75) is 72.3 Å². The van der Waals surface area contributed by atoms with Gasteiger partial charge in [0, 0.05) is 18.0 Å². The molecule has 1 aromatic carbocycles. The smallest absolute Gasteiger partial charge is 0.226 e. The molecular formula is C23H32N2O2. The maximum absolute atomic E-state index is 12.4. The minimum absolute atomic E-state index is 0.168. The van der Waals surface area contributed by atoms with Crippen LogP contribution in [-0.4, -0.2) is 16.9 Å². The highest BCUT2D eigenvalue weighted by Gasteiger charge is 2.27. The van der Waals surface area contributed by atoms with Gasteiger partial charge in [-0.05, 0) is 56.6 Å². The minimum atomic E-state index is 0.168. The first-order valence-corrected chi connectivity index (χ1v) is 10.3. The van der Waals surface area contributed by atoms with Gasteiger partial charge >= 0.3 is 0 Å². The first-order valence-electron chi connectivity index (χ1n) is 10.3. The summed E-state index contributed by atoms with van der Waals surface area (Å²) in [6.07, 6.45) is 5.72. The quantitative estimate of drug-likeness (QED) is 0.760. The molecular weight excluding hydrogens is 336 g/mol. The van der Waals surface area contributed by atoms with Gasteiger partial charge in [-0.15, -0.1) is 0 Å². The van der Waals surface area contributed by atoms with E-state index < -0.39 is 0 Å². The monoisotopic (exact) mass is 368 g/mol. The van der Waals surface area contributed by atoms with Gasteiger partial charge in [0.2, 0.25) is 11.8 Å². The average molecular weight is 369 g/mol. The third-order valence-electron chi connectivity index (χ3n) is 6.14. The third-order valence-corrected chi connectivity index (χ3v) is 6.14. The Morgan fingerprint density at radius 3 is 2.78 bits per heavy atom. The number of nitrogens with zero attached hydrogens (tertiary/aromatic N) is 1. The van der Waals surface area contributed by atoms with Gasteiger partial charge in [0.1, 0.15) is 5.76 Å². The van der Waals surface area contributed by atoms with Gasteiger partial charge in [0.25, 0.3) is 0 Å². The lowest BCUT2D eigenvalue weighted by Gasteiger charge is -2.34. The van der Waals surface area contributed by atoms with Crippen LogP contribution in [0, 0.1) is 25.7 Å². The first kappa shape index (κ1) is 19.7.